The van der Waals surface area contributed by atoms with E-state index >= 15 is 0 Å². The summed E-state index contributed by atoms with van der Waals surface area (Å²) in [4.78, 5) is 4.42. The number of hydrogen-bond acceptors (Lipinski definition) is 2. The van der Waals surface area contributed by atoms with Crippen LogP contribution in [0.4, 0.5) is 0 Å². The molecule has 0 spiro atoms. The van der Waals surface area contributed by atoms with E-state index in [9.17, 15) is 0 Å². The quantitative estimate of drug-likeness (QED) is 0.468. The normalized spacial score (nSPS) is 11.2. The zero-order valence-electron chi connectivity index (χ0n) is 10.5. The predicted molar refractivity (Wildman–Crippen MR) is 84.7 cm³/mol. The molecule has 0 saturated carbocycles. The summed E-state index contributed by atoms with van der Waals surface area (Å²) in [6, 6.07) is 18.3. The van der Waals surface area contributed by atoms with E-state index in [1.54, 1.807) is 6.20 Å². The molecule has 4 rings (SSSR count). The van der Waals surface area contributed by atoms with Crippen LogP contribution in [0.5, 0.6) is 0 Å². The second-order valence-electron chi connectivity index (χ2n) is 4.67. The van der Waals surface area contributed by atoms with Gasteiger partial charge in [0.1, 0.15) is 11.1 Å². The fraction of sp³-hybridized carbons (Fsp3) is 0. The molecule has 2 nitrogen and oxygen atoms in total. The van der Waals surface area contributed by atoms with Crippen molar-refractivity contribution in [2.24, 2.45) is 0 Å². The maximum absolute atomic E-state index is 5.80. The number of nitrogens with zero attached hydrogens (tertiary/aromatic N) is 1. The van der Waals surface area contributed by atoms with E-state index in [0.717, 1.165) is 32.1 Å². The molecule has 2 heterocycles. The molecule has 2 aromatic carbocycles. The van der Waals surface area contributed by atoms with Gasteiger partial charge in [0.15, 0.2) is 5.58 Å². The molecule has 0 unspecified atom stereocenters. The Bertz CT molecular complexity index is 926. The number of pyridine rings is 1. The van der Waals surface area contributed by atoms with Gasteiger partial charge in [0.05, 0.1) is 0 Å². The molecule has 96 valence electrons. The molecule has 0 radical (unpaired) electrons. The molecule has 0 N–H and O–H groups in total. The number of hydrogen-bond donors (Lipinski definition) is 0. The lowest BCUT2D eigenvalue weighted by atomic mass is 10.0. The first-order valence-corrected chi connectivity index (χ1v) is 7.14. The predicted octanol–water partition coefficient (Wildman–Crippen LogP) is 5.41. The Hall–Kier alpha value is -2.13. The van der Waals surface area contributed by atoms with E-state index in [1.807, 2.05) is 30.3 Å². The van der Waals surface area contributed by atoms with Crippen molar-refractivity contribution in [3.63, 3.8) is 0 Å². The second kappa shape index (κ2) is 4.46. The summed E-state index contributed by atoms with van der Waals surface area (Å²) in [5.74, 6) is 0. The molecule has 0 aliphatic rings. The zero-order chi connectivity index (χ0) is 13.5. The topological polar surface area (TPSA) is 26.0 Å². The van der Waals surface area contributed by atoms with Crippen LogP contribution in [-0.2, 0) is 0 Å². The van der Waals surface area contributed by atoms with Gasteiger partial charge in [0.25, 0.3) is 0 Å². The fourth-order valence-corrected chi connectivity index (χ4v) is 2.84. The number of fused-ring (bicyclic) bond motifs is 3. The highest BCUT2D eigenvalue weighted by atomic mass is 79.9. The van der Waals surface area contributed by atoms with Crippen molar-refractivity contribution in [2.75, 3.05) is 0 Å². The number of benzene rings is 2. The van der Waals surface area contributed by atoms with Crippen molar-refractivity contribution in [2.45, 2.75) is 0 Å². The second-order valence-corrected chi connectivity index (χ2v) is 5.59. The minimum atomic E-state index is 0.828. The Morgan fingerprint density at radius 2 is 1.75 bits per heavy atom. The molecule has 0 fully saturated rings. The van der Waals surface area contributed by atoms with Gasteiger partial charge >= 0.3 is 0 Å². The molecule has 4 aromatic rings. The summed E-state index contributed by atoms with van der Waals surface area (Å²) in [6.45, 7) is 0. The molecule has 20 heavy (non-hydrogen) atoms. The number of furan rings is 1. The van der Waals surface area contributed by atoms with Gasteiger partial charge in [-0.2, -0.15) is 0 Å². The van der Waals surface area contributed by atoms with E-state index in [2.05, 4.69) is 45.2 Å². The third-order valence-corrected chi connectivity index (χ3v) is 3.88. The Morgan fingerprint density at radius 3 is 2.65 bits per heavy atom. The highest BCUT2D eigenvalue weighted by Crippen LogP contribution is 2.31. The van der Waals surface area contributed by atoms with Crippen LogP contribution in [0.2, 0.25) is 0 Å². The van der Waals surface area contributed by atoms with Crippen LogP contribution in [0.3, 0.4) is 0 Å². The van der Waals surface area contributed by atoms with Crippen LogP contribution in [0.1, 0.15) is 0 Å². The fourth-order valence-electron chi connectivity index (χ4n) is 2.45. The minimum Gasteiger partial charge on any atom is -0.454 e. The first-order chi connectivity index (χ1) is 9.81. The number of halogens is 1. The first-order valence-electron chi connectivity index (χ1n) is 6.34. The van der Waals surface area contributed by atoms with Gasteiger partial charge in [0, 0.05) is 16.1 Å². The Morgan fingerprint density at radius 1 is 0.850 bits per heavy atom. The highest BCUT2D eigenvalue weighted by molar-refractivity contribution is 9.10. The van der Waals surface area contributed by atoms with E-state index in [4.69, 9.17) is 4.42 Å². The number of rotatable bonds is 1. The van der Waals surface area contributed by atoms with Gasteiger partial charge in [-0.05, 0) is 47.5 Å². The van der Waals surface area contributed by atoms with Crippen molar-refractivity contribution in [1.82, 2.24) is 4.98 Å². The summed E-state index contributed by atoms with van der Waals surface area (Å²) >= 11 is 3.51. The van der Waals surface area contributed by atoms with Crippen LogP contribution < -0.4 is 0 Å². The van der Waals surface area contributed by atoms with Crippen molar-refractivity contribution < 1.29 is 4.42 Å². The van der Waals surface area contributed by atoms with Crippen LogP contribution in [0, 0.1) is 0 Å². The minimum absolute atomic E-state index is 0.828. The monoisotopic (exact) mass is 323 g/mol. The molecule has 0 aliphatic carbocycles. The van der Waals surface area contributed by atoms with Crippen LogP contribution in [-0.4, -0.2) is 4.98 Å². The van der Waals surface area contributed by atoms with Crippen molar-refractivity contribution in [3.05, 3.63) is 65.3 Å². The lowest BCUT2D eigenvalue weighted by Gasteiger charge is -2.02. The Kier molecular flexibility index (Phi) is 2.60. The average Bonchev–Trinajstić information content (AvgIpc) is 2.85. The molecule has 0 saturated heterocycles. The van der Waals surface area contributed by atoms with E-state index in [-0.39, 0.29) is 0 Å². The van der Waals surface area contributed by atoms with Gasteiger partial charge in [-0.15, -0.1) is 0 Å². The smallest absolute Gasteiger partial charge is 0.153 e. The first kappa shape index (κ1) is 11.7. The van der Waals surface area contributed by atoms with Gasteiger partial charge in [-0.25, -0.2) is 0 Å². The van der Waals surface area contributed by atoms with Gasteiger partial charge in [0.2, 0.25) is 0 Å². The van der Waals surface area contributed by atoms with Crippen LogP contribution >= 0.6 is 15.9 Å². The van der Waals surface area contributed by atoms with Gasteiger partial charge < -0.3 is 4.42 Å². The zero-order valence-corrected chi connectivity index (χ0v) is 12.1. The lowest BCUT2D eigenvalue weighted by Crippen LogP contribution is -1.78. The van der Waals surface area contributed by atoms with Crippen molar-refractivity contribution >= 4 is 38.0 Å². The lowest BCUT2D eigenvalue weighted by molar-refractivity contribution is 0.668. The van der Waals surface area contributed by atoms with E-state index < -0.39 is 0 Å². The summed E-state index contributed by atoms with van der Waals surface area (Å²) in [7, 11) is 0. The summed E-state index contributed by atoms with van der Waals surface area (Å²) in [5, 5.41) is 1.05. The molecule has 3 heteroatoms. The average molecular weight is 324 g/mol. The molecule has 0 bridgehead atoms. The Labute approximate surface area is 124 Å². The third kappa shape index (κ3) is 1.82. The molecular formula is C17H10BrNO. The highest BCUT2D eigenvalue weighted by Gasteiger charge is 2.09. The van der Waals surface area contributed by atoms with Gasteiger partial charge in [-0.1, -0.05) is 34.1 Å². The van der Waals surface area contributed by atoms with E-state index in [0.29, 0.717) is 0 Å². The molecule has 0 atom stereocenters. The number of aromatic nitrogens is 1. The standard InChI is InChI=1S/C17H10BrNO/c18-13-4-1-3-11(9-13)12-6-7-15-14(10-12)17-16(20-15)5-2-8-19-17/h1-10H. The summed E-state index contributed by atoms with van der Waals surface area (Å²) in [6.07, 6.45) is 1.79. The molecular weight excluding hydrogens is 314 g/mol. The van der Waals surface area contributed by atoms with Crippen LogP contribution in [0.15, 0.2) is 69.7 Å². The summed E-state index contributed by atoms with van der Waals surface area (Å²) in [5.41, 5.74) is 4.95. The third-order valence-electron chi connectivity index (χ3n) is 3.38. The molecule has 0 amide bonds. The van der Waals surface area contributed by atoms with Gasteiger partial charge in [-0.3, -0.25) is 4.98 Å². The Balaban J connectivity index is 2.00. The SMILES string of the molecule is Brc1cccc(-c2ccc3oc4cccnc4c3c2)c1. The largest absolute Gasteiger partial charge is 0.454 e. The van der Waals surface area contributed by atoms with Crippen LogP contribution in [0.25, 0.3) is 33.2 Å². The molecule has 0 aliphatic heterocycles. The maximum atomic E-state index is 5.80. The maximum Gasteiger partial charge on any atom is 0.153 e. The van der Waals surface area contributed by atoms with E-state index in [1.165, 1.54) is 5.56 Å². The van der Waals surface area contributed by atoms with Crippen molar-refractivity contribution in [3.8, 4) is 11.1 Å². The molecule has 2 aromatic heterocycles. The van der Waals surface area contributed by atoms with Crippen molar-refractivity contribution in [1.29, 1.82) is 0 Å². The summed E-state index contributed by atoms with van der Waals surface area (Å²) < 4.78 is 6.87.